The topological polar surface area (TPSA) is 69.1 Å². The number of hydrogen-bond acceptors (Lipinski definition) is 3. The summed E-state index contributed by atoms with van der Waals surface area (Å²) in [5, 5.41) is 0.667. The lowest BCUT2D eigenvalue weighted by Crippen LogP contribution is -2.13. The van der Waals surface area contributed by atoms with Crippen molar-refractivity contribution in [1.29, 1.82) is 0 Å². The Bertz CT molecular complexity index is 601. The number of halogens is 1. The van der Waals surface area contributed by atoms with E-state index in [4.69, 9.17) is 23.1 Å². The van der Waals surface area contributed by atoms with E-state index in [1.54, 1.807) is 12.1 Å². The summed E-state index contributed by atoms with van der Waals surface area (Å²) in [6, 6.07) is 12.7. The van der Waals surface area contributed by atoms with E-state index < -0.39 is 5.91 Å². The quantitative estimate of drug-likeness (QED) is 0.847. The van der Waals surface area contributed by atoms with Gasteiger partial charge in [0.15, 0.2) is 0 Å². The van der Waals surface area contributed by atoms with E-state index in [1.165, 1.54) is 11.8 Å². The zero-order valence-electron chi connectivity index (χ0n) is 9.39. The highest BCUT2D eigenvalue weighted by Gasteiger charge is 2.08. The highest BCUT2D eigenvalue weighted by Crippen LogP contribution is 2.34. The van der Waals surface area contributed by atoms with Gasteiger partial charge >= 0.3 is 0 Å². The third kappa shape index (κ3) is 2.78. The largest absolute Gasteiger partial charge is 0.398 e. The van der Waals surface area contributed by atoms with Gasteiger partial charge in [0.1, 0.15) is 0 Å². The maximum Gasteiger partial charge on any atom is 0.250 e. The fourth-order valence-electron chi connectivity index (χ4n) is 1.47. The van der Waals surface area contributed by atoms with Crippen molar-refractivity contribution in [2.45, 2.75) is 9.79 Å². The monoisotopic (exact) mass is 278 g/mol. The number of anilines is 1. The predicted octanol–water partition coefficient (Wildman–Crippen LogP) is 3.17. The summed E-state index contributed by atoms with van der Waals surface area (Å²) in [6.45, 7) is 0. The summed E-state index contributed by atoms with van der Waals surface area (Å²) >= 11 is 7.53. The van der Waals surface area contributed by atoms with Gasteiger partial charge in [0, 0.05) is 15.5 Å². The van der Waals surface area contributed by atoms with Crippen LogP contribution in [0.2, 0.25) is 5.02 Å². The van der Waals surface area contributed by atoms with Gasteiger partial charge in [-0.3, -0.25) is 4.79 Å². The number of nitrogen functional groups attached to an aromatic ring is 1. The van der Waals surface area contributed by atoms with Gasteiger partial charge in [-0.15, -0.1) is 0 Å². The maximum absolute atomic E-state index is 11.2. The van der Waals surface area contributed by atoms with Gasteiger partial charge in [-0.1, -0.05) is 35.5 Å². The highest BCUT2D eigenvalue weighted by atomic mass is 35.5. The molecule has 92 valence electrons. The molecule has 0 aromatic heterocycles. The molecule has 3 nitrogen and oxygen atoms in total. The molecule has 18 heavy (non-hydrogen) atoms. The van der Waals surface area contributed by atoms with Crippen LogP contribution in [0.5, 0.6) is 0 Å². The first-order chi connectivity index (χ1) is 8.58. The first-order valence-corrected chi connectivity index (χ1v) is 6.39. The van der Waals surface area contributed by atoms with Gasteiger partial charge in [0.05, 0.1) is 10.6 Å². The molecule has 0 unspecified atom stereocenters. The molecule has 0 bridgehead atoms. The third-order valence-electron chi connectivity index (χ3n) is 2.35. The molecule has 2 aromatic carbocycles. The van der Waals surface area contributed by atoms with Gasteiger partial charge in [0.25, 0.3) is 5.91 Å². The van der Waals surface area contributed by atoms with E-state index in [-0.39, 0.29) is 0 Å². The Hall–Kier alpha value is -1.65. The number of rotatable bonds is 3. The second kappa shape index (κ2) is 5.33. The molecule has 0 aliphatic heterocycles. The minimum Gasteiger partial charge on any atom is -0.398 e. The normalized spacial score (nSPS) is 10.3. The summed E-state index contributed by atoms with van der Waals surface area (Å²) in [5.41, 5.74) is 11.6. The molecule has 1 amide bonds. The number of primary amides is 1. The number of nitrogens with two attached hydrogens (primary N) is 2. The van der Waals surface area contributed by atoms with Crippen LogP contribution in [-0.2, 0) is 0 Å². The van der Waals surface area contributed by atoms with E-state index >= 15 is 0 Å². The van der Waals surface area contributed by atoms with E-state index in [0.717, 1.165) is 9.79 Å². The number of hydrogen-bond donors (Lipinski definition) is 2. The summed E-state index contributed by atoms with van der Waals surface area (Å²) in [6.07, 6.45) is 0. The molecule has 0 radical (unpaired) electrons. The second-order valence-electron chi connectivity index (χ2n) is 3.65. The fourth-order valence-corrected chi connectivity index (χ4v) is 2.60. The molecule has 0 saturated carbocycles. The molecule has 0 spiro atoms. The van der Waals surface area contributed by atoms with Gasteiger partial charge in [-0.05, 0) is 30.3 Å². The van der Waals surface area contributed by atoms with Crippen LogP contribution in [0.15, 0.2) is 52.3 Å². The van der Waals surface area contributed by atoms with E-state index in [2.05, 4.69) is 0 Å². The molecule has 0 aliphatic rings. The van der Waals surface area contributed by atoms with Crippen LogP contribution in [0, 0.1) is 0 Å². The molecule has 0 aliphatic carbocycles. The van der Waals surface area contributed by atoms with Crippen molar-refractivity contribution >= 4 is 35.0 Å². The first kappa shape index (κ1) is 12.8. The van der Waals surface area contributed by atoms with Crippen LogP contribution >= 0.6 is 23.4 Å². The molecule has 0 fully saturated rings. The number of benzene rings is 2. The molecule has 2 rings (SSSR count). The van der Waals surface area contributed by atoms with Crippen molar-refractivity contribution in [3.05, 3.63) is 53.1 Å². The van der Waals surface area contributed by atoms with Crippen molar-refractivity contribution < 1.29 is 4.79 Å². The second-order valence-corrected chi connectivity index (χ2v) is 5.17. The maximum atomic E-state index is 11.2. The van der Waals surface area contributed by atoms with Crippen molar-refractivity contribution in [1.82, 2.24) is 0 Å². The molecule has 5 heteroatoms. The van der Waals surface area contributed by atoms with Crippen LogP contribution in [0.4, 0.5) is 5.69 Å². The van der Waals surface area contributed by atoms with Crippen LogP contribution in [0.25, 0.3) is 0 Å². The molecular formula is C13H11ClN2OS. The number of carbonyl (C=O) groups excluding carboxylic acids is 1. The average Bonchev–Trinajstić information content (AvgIpc) is 2.34. The molecule has 4 N–H and O–H groups in total. The Morgan fingerprint density at radius 1 is 1.17 bits per heavy atom. The van der Waals surface area contributed by atoms with Gasteiger partial charge < -0.3 is 11.5 Å². The Labute approximate surface area is 114 Å². The Morgan fingerprint density at radius 2 is 1.89 bits per heavy atom. The van der Waals surface area contributed by atoms with Gasteiger partial charge in [0.2, 0.25) is 0 Å². The summed E-state index contributed by atoms with van der Waals surface area (Å²) < 4.78 is 0. The lowest BCUT2D eigenvalue weighted by Gasteiger charge is -2.07. The lowest BCUT2D eigenvalue weighted by atomic mass is 10.2. The minimum absolute atomic E-state index is 0.326. The zero-order chi connectivity index (χ0) is 13.1. The summed E-state index contributed by atoms with van der Waals surface area (Å²) in [7, 11) is 0. The molecule has 0 heterocycles. The Morgan fingerprint density at radius 3 is 2.56 bits per heavy atom. The third-order valence-corrected chi connectivity index (χ3v) is 3.86. The lowest BCUT2D eigenvalue weighted by molar-refractivity contribution is 0.100. The molecule has 0 saturated heterocycles. The van der Waals surface area contributed by atoms with Crippen LogP contribution in [0.3, 0.4) is 0 Å². The van der Waals surface area contributed by atoms with Crippen molar-refractivity contribution in [2.24, 2.45) is 5.73 Å². The summed E-state index contributed by atoms with van der Waals surface area (Å²) in [4.78, 5) is 13.0. The van der Waals surface area contributed by atoms with Crippen LogP contribution in [-0.4, -0.2) is 5.91 Å². The Balaban J connectivity index is 2.33. The minimum atomic E-state index is -0.533. The van der Waals surface area contributed by atoms with Gasteiger partial charge in [-0.25, -0.2) is 0 Å². The number of amides is 1. The number of carbonyl (C=O) groups is 1. The fraction of sp³-hybridized carbons (Fsp3) is 0. The van der Waals surface area contributed by atoms with Gasteiger partial charge in [-0.2, -0.15) is 0 Å². The van der Waals surface area contributed by atoms with E-state index in [9.17, 15) is 4.79 Å². The van der Waals surface area contributed by atoms with Crippen molar-refractivity contribution in [3.8, 4) is 0 Å². The highest BCUT2D eigenvalue weighted by molar-refractivity contribution is 7.99. The predicted molar refractivity (Wildman–Crippen MR) is 74.9 cm³/mol. The molecule has 2 aromatic rings. The molecular weight excluding hydrogens is 268 g/mol. The van der Waals surface area contributed by atoms with Crippen LogP contribution in [0.1, 0.15) is 10.4 Å². The van der Waals surface area contributed by atoms with Crippen molar-refractivity contribution in [2.75, 3.05) is 5.73 Å². The Kier molecular flexibility index (Phi) is 3.79. The SMILES string of the molecule is NC(=O)c1cc(Sc2ccccc2Cl)ccc1N. The molecule has 0 atom stereocenters. The van der Waals surface area contributed by atoms with E-state index in [0.29, 0.717) is 16.3 Å². The zero-order valence-corrected chi connectivity index (χ0v) is 11.0. The first-order valence-electron chi connectivity index (χ1n) is 5.19. The average molecular weight is 279 g/mol. The summed E-state index contributed by atoms with van der Waals surface area (Å²) in [5.74, 6) is -0.533. The standard InChI is InChI=1S/C13H11ClN2OS/c14-10-3-1-2-4-12(10)18-8-5-6-11(15)9(7-8)13(16)17/h1-7H,15H2,(H2,16,17). The smallest absolute Gasteiger partial charge is 0.250 e. The van der Waals surface area contributed by atoms with E-state index in [1.807, 2.05) is 30.3 Å². The van der Waals surface area contributed by atoms with Crippen LogP contribution < -0.4 is 11.5 Å². The van der Waals surface area contributed by atoms with Crippen molar-refractivity contribution in [3.63, 3.8) is 0 Å².